The average molecular weight is 617 g/mol. The van der Waals surface area contributed by atoms with Crippen LogP contribution in [0.5, 0.6) is 0 Å². The van der Waals surface area contributed by atoms with Gasteiger partial charge in [-0.2, -0.15) is 0 Å². The molecule has 2 unspecified atom stereocenters. The maximum atomic E-state index is 3.51. The van der Waals surface area contributed by atoms with E-state index < -0.39 is 0 Å². The Morgan fingerprint density at radius 3 is 2.13 bits per heavy atom. The Balaban J connectivity index is 0.000000285. The van der Waals surface area contributed by atoms with Gasteiger partial charge in [0.15, 0.2) is 0 Å². The molecule has 3 heteroatoms. The Hall–Kier alpha value is -2.10. The molecule has 6 rings (SSSR count). The minimum atomic E-state index is 0.680. The van der Waals surface area contributed by atoms with Crippen LogP contribution >= 0.6 is 0 Å². The summed E-state index contributed by atoms with van der Waals surface area (Å²) in [6, 6.07) is 16.8. The fourth-order valence-corrected chi connectivity index (χ4v) is 6.40. The molecule has 0 spiro atoms. The summed E-state index contributed by atoms with van der Waals surface area (Å²) in [7, 11) is 6.70. The highest BCUT2D eigenvalue weighted by molar-refractivity contribution is 5.57. The molecule has 2 aliphatic carbocycles. The fraction of sp³-hybridized carbons (Fsp3) is 0.667. The first-order valence-corrected chi connectivity index (χ1v) is 18.8. The van der Waals surface area contributed by atoms with E-state index in [-0.39, 0.29) is 0 Å². The third-order valence-corrected chi connectivity index (χ3v) is 9.63. The summed E-state index contributed by atoms with van der Waals surface area (Å²) in [5, 5.41) is 3.51. The third-order valence-electron chi connectivity index (χ3n) is 9.63. The number of rotatable bonds is 11. The number of benzene rings is 2. The van der Waals surface area contributed by atoms with Crippen molar-refractivity contribution in [2.45, 2.75) is 136 Å². The lowest BCUT2D eigenvalue weighted by atomic mass is 9.92. The summed E-state index contributed by atoms with van der Waals surface area (Å²) in [6.07, 6.45) is 18.9. The molecule has 0 radical (unpaired) electrons. The molecule has 3 fully saturated rings. The number of fused-ring (bicyclic) bond motifs is 1. The van der Waals surface area contributed by atoms with Gasteiger partial charge >= 0.3 is 0 Å². The lowest BCUT2D eigenvalue weighted by molar-refractivity contribution is -0.870. The summed E-state index contributed by atoms with van der Waals surface area (Å²) >= 11 is 0. The molecule has 4 aliphatic rings. The number of likely N-dealkylation sites (tertiary alicyclic amines) is 1. The van der Waals surface area contributed by atoms with Gasteiger partial charge in [0, 0.05) is 31.4 Å². The maximum Gasteiger partial charge on any atom is 0.0780 e. The Labute approximate surface area is 279 Å². The number of hydrogen-bond donors (Lipinski definition) is 1. The van der Waals surface area contributed by atoms with Gasteiger partial charge in [-0.15, -0.1) is 0 Å². The molecule has 2 atom stereocenters. The maximum absolute atomic E-state index is 3.51. The van der Waals surface area contributed by atoms with Crippen LogP contribution in [-0.2, 0) is 12.8 Å². The van der Waals surface area contributed by atoms with E-state index in [9.17, 15) is 0 Å². The van der Waals surface area contributed by atoms with Crippen molar-refractivity contribution in [1.82, 2.24) is 4.90 Å². The highest BCUT2D eigenvalue weighted by Crippen LogP contribution is 2.38. The molecule has 1 saturated heterocycles. The van der Waals surface area contributed by atoms with Gasteiger partial charge < -0.3 is 9.80 Å². The summed E-state index contributed by atoms with van der Waals surface area (Å²) in [5.41, 5.74) is 10.8. The normalized spacial score (nSPS) is 19.6. The minimum absolute atomic E-state index is 0.680. The van der Waals surface area contributed by atoms with Crippen LogP contribution in [0.3, 0.4) is 0 Å². The van der Waals surface area contributed by atoms with Crippen molar-refractivity contribution < 1.29 is 4.48 Å². The molecule has 2 heterocycles. The van der Waals surface area contributed by atoms with Crippen LogP contribution in [0, 0.1) is 6.92 Å². The Bertz CT molecular complexity index is 1140. The van der Waals surface area contributed by atoms with E-state index in [4.69, 9.17) is 0 Å². The second-order valence-electron chi connectivity index (χ2n) is 15.2. The number of hydrogen-bond acceptors (Lipinski definition) is 2. The summed E-state index contributed by atoms with van der Waals surface area (Å²) in [6.45, 7) is 16.1. The molecule has 45 heavy (non-hydrogen) atoms. The average Bonchev–Trinajstić information content (AvgIpc) is 3.97. The van der Waals surface area contributed by atoms with E-state index in [1.807, 2.05) is 0 Å². The molecular weight excluding hydrogens is 546 g/mol. The van der Waals surface area contributed by atoms with Crippen LogP contribution in [0.2, 0.25) is 0 Å². The molecule has 252 valence electrons. The van der Waals surface area contributed by atoms with E-state index in [2.05, 4.69) is 108 Å². The van der Waals surface area contributed by atoms with Crippen LogP contribution in [0.4, 0.5) is 5.69 Å². The number of nitrogens with zero attached hydrogens (tertiary/aromatic N) is 2. The topological polar surface area (TPSA) is 15.3 Å². The van der Waals surface area contributed by atoms with Crippen LogP contribution < -0.4 is 5.32 Å². The number of allylic oxidation sites excluding steroid dienone is 1. The van der Waals surface area contributed by atoms with Gasteiger partial charge in [0.2, 0.25) is 0 Å². The van der Waals surface area contributed by atoms with Gasteiger partial charge in [0.1, 0.15) is 0 Å². The molecule has 2 aromatic carbocycles. The predicted molar refractivity (Wildman–Crippen MR) is 200 cm³/mol. The van der Waals surface area contributed by atoms with E-state index in [1.165, 1.54) is 132 Å². The molecule has 3 nitrogen and oxygen atoms in total. The van der Waals surface area contributed by atoms with Crippen molar-refractivity contribution in [1.29, 1.82) is 0 Å². The van der Waals surface area contributed by atoms with Gasteiger partial charge in [-0.3, -0.25) is 4.90 Å². The quantitative estimate of drug-likeness (QED) is 0.200. The molecule has 1 N–H and O–H groups in total. The molecule has 0 amide bonds. The second-order valence-corrected chi connectivity index (χ2v) is 15.2. The zero-order valence-electron chi connectivity index (χ0n) is 30.8. The lowest BCUT2D eigenvalue weighted by Crippen LogP contribution is -2.35. The number of unbranched alkanes of at least 4 members (excludes halogenated alkanes) is 3. The molecule has 2 aromatic rings. The van der Waals surface area contributed by atoms with Crippen LogP contribution in [0.1, 0.15) is 133 Å². The highest BCUT2D eigenvalue weighted by Gasteiger charge is 2.33. The highest BCUT2D eigenvalue weighted by atomic mass is 15.3. The summed E-state index contributed by atoms with van der Waals surface area (Å²) < 4.78 is 1.10. The van der Waals surface area contributed by atoms with Gasteiger partial charge in [0.25, 0.3) is 0 Å². The number of nitrogens with one attached hydrogen (secondary N) is 1. The molecule has 2 saturated carbocycles. The first kappa shape index (κ1) is 37.4. The van der Waals surface area contributed by atoms with Crippen molar-refractivity contribution in [2.24, 2.45) is 0 Å². The summed E-state index contributed by atoms with van der Waals surface area (Å²) in [4.78, 5) is 2.80. The van der Waals surface area contributed by atoms with Crippen molar-refractivity contribution >= 4 is 5.69 Å². The fourth-order valence-electron chi connectivity index (χ4n) is 6.40. The lowest BCUT2D eigenvalue weighted by Gasteiger charge is -2.25. The first-order chi connectivity index (χ1) is 21.6. The van der Waals surface area contributed by atoms with Gasteiger partial charge in [-0.1, -0.05) is 113 Å². The van der Waals surface area contributed by atoms with E-state index in [1.54, 1.807) is 16.7 Å². The summed E-state index contributed by atoms with van der Waals surface area (Å²) in [5.74, 6) is 0.680. The zero-order valence-corrected chi connectivity index (χ0v) is 30.8. The van der Waals surface area contributed by atoms with Crippen molar-refractivity contribution in [3.63, 3.8) is 0 Å². The predicted octanol–water partition coefficient (Wildman–Crippen LogP) is 10.7. The minimum Gasteiger partial charge on any atom is -0.384 e. The Morgan fingerprint density at radius 2 is 1.58 bits per heavy atom. The van der Waals surface area contributed by atoms with Crippen LogP contribution in [0.15, 0.2) is 53.6 Å². The monoisotopic (exact) mass is 617 g/mol. The van der Waals surface area contributed by atoms with Crippen LogP contribution in [-0.4, -0.2) is 62.7 Å². The first-order valence-electron chi connectivity index (χ1n) is 18.8. The smallest absolute Gasteiger partial charge is 0.0780 e. The van der Waals surface area contributed by atoms with E-state index >= 15 is 0 Å². The molecule has 2 aliphatic heterocycles. The van der Waals surface area contributed by atoms with Gasteiger partial charge in [-0.25, -0.2) is 0 Å². The van der Waals surface area contributed by atoms with E-state index in [0.29, 0.717) is 12.0 Å². The molecule has 0 aromatic heterocycles. The van der Waals surface area contributed by atoms with Gasteiger partial charge in [0.05, 0.1) is 27.7 Å². The standard InChI is InChI=1S/C27H34N2.C7H18N.C5H12.C3H6/c1-19-5-3-4-6-21(19)9-11-26-16-25(18-29(26)17-20(2)22-7-8-22)23-10-12-27-24(15-23)13-14-28-27;1-5-6-7-8(2,3)4;1-3-5-4-2;1-2-3-1/h3-6,10,12,15,25-26,28H,7-9,11,13-14,16-18H2,1-2H3;5-7H2,1-4H3;3-5H2,1-2H3;1-3H2/q;+1;;. The SMILES string of the molecule is C1CC1.CC(CN1CC(c2ccc3c(c2)CCN3)CC1CCc1ccccc1C)=C1CC1.CCCCC.CCCC[N+](C)(C)C. The molecular formula is C42H70N3+. The number of aryl methyl sites for hydroxylation is 2. The molecule has 0 bridgehead atoms. The Morgan fingerprint density at radius 1 is 0.889 bits per heavy atom. The zero-order chi connectivity index (χ0) is 32.7. The van der Waals surface area contributed by atoms with Crippen molar-refractivity contribution in [3.8, 4) is 0 Å². The largest absolute Gasteiger partial charge is 0.384 e. The Kier molecular flexibility index (Phi) is 16.2. The van der Waals surface area contributed by atoms with Crippen molar-refractivity contribution in [3.05, 3.63) is 75.9 Å². The third kappa shape index (κ3) is 14.5. The van der Waals surface area contributed by atoms with E-state index in [0.717, 1.165) is 11.0 Å². The number of anilines is 1. The second kappa shape index (κ2) is 19.5. The van der Waals surface area contributed by atoms with Crippen molar-refractivity contribution in [2.75, 3.05) is 52.6 Å². The number of quaternary nitrogens is 1. The van der Waals surface area contributed by atoms with Crippen LogP contribution in [0.25, 0.3) is 0 Å². The van der Waals surface area contributed by atoms with Gasteiger partial charge in [-0.05, 0) is 93.0 Å².